The van der Waals surface area contributed by atoms with Crippen molar-refractivity contribution >= 4 is 0 Å². The van der Waals surface area contributed by atoms with E-state index < -0.39 is 0 Å². The molecule has 1 N–H and O–H groups in total. The molecule has 4 aromatic rings. The normalized spacial score (nSPS) is 12.2. The Bertz CT molecular complexity index is 1010. The fourth-order valence-corrected chi connectivity index (χ4v) is 3.06. The highest BCUT2D eigenvalue weighted by Gasteiger charge is 2.13. The SMILES string of the molecule is C[C@H](CNCc1cn(-c2ccccc2)nc1-c1ccc(F)cc1)n1cncn1. The predicted octanol–water partition coefficient (Wildman–Crippen LogP) is 3.62. The van der Waals surface area contributed by atoms with E-state index in [4.69, 9.17) is 5.10 Å². The first-order valence-electron chi connectivity index (χ1n) is 9.15. The van der Waals surface area contributed by atoms with Gasteiger partial charge in [-0.25, -0.2) is 18.7 Å². The Balaban J connectivity index is 1.57. The summed E-state index contributed by atoms with van der Waals surface area (Å²) in [5.41, 5.74) is 3.75. The molecule has 0 unspecified atom stereocenters. The lowest BCUT2D eigenvalue weighted by Crippen LogP contribution is -2.23. The summed E-state index contributed by atoms with van der Waals surface area (Å²) >= 11 is 0. The van der Waals surface area contributed by atoms with Gasteiger partial charge in [-0.1, -0.05) is 18.2 Å². The van der Waals surface area contributed by atoms with Crippen LogP contribution in [0.1, 0.15) is 18.5 Å². The third-order valence-corrected chi connectivity index (χ3v) is 4.57. The van der Waals surface area contributed by atoms with Crippen molar-refractivity contribution in [2.75, 3.05) is 6.54 Å². The van der Waals surface area contributed by atoms with Crippen LogP contribution in [-0.4, -0.2) is 31.1 Å². The number of hydrogen-bond acceptors (Lipinski definition) is 4. The lowest BCUT2D eigenvalue weighted by molar-refractivity contribution is 0.452. The van der Waals surface area contributed by atoms with Gasteiger partial charge in [0.05, 0.1) is 17.4 Å². The van der Waals surface area contributed by atoms with E-state index in [1.807, 2.05) is 45.9 Å². The van der Waals surface area contributed by atoms with Gasteiger partial charge < -0.3 is 5.32 Å². The first-order chi connectivity index (χ1) is 13.7. The van der Waals surface area contributed by atoms with Gasteiger partial charge in [0, 0.05) is 30.4 Å². The highest BCUT2D eigenvalue weighted by molar-refractivity contribution is 5.63. The maximum atomic E-state index is 13.3. The molecule has 0 amide bonds. The molecule has 4 rings (SSSR count). The first kappa shape index (κ1) is 18.1. The minimum atomic E-state index is -0.257. The summed E-state index contributed by atoms with van der Waals surface area (Å²) in [5.74, 6) is -0.257. The Morgan fingerprint density at radius 3 is 2.57 bits per heavy atom. The Hall–Kier alpha value is -3.32. The molecule has 142 valence electrons. The number of aromatic nitrogens is 5. The quantitative estimate of drug-likeness (QED) is 0.535. The van der Waals surface area contributed by atoms with E-state index in [2.05, 4.69) is 22.3 Å². The molecule has 0 spiro atoms. The Kier molecular flexibility index (Phi) is 5.25. The maximum Gasteiger partial charge on any atom is 0.137 e. The van der Waals surface area contributed by atoms with Gasteiger partial charge in [-0.05, 0) is 43.3 Å². The molecule has 0 fully saturated rings. The average Bonchev–Trinajstić information content (AvgIpc) is 3.40. The van der Waals surface area contributed by atoms with E-state index in [9.17, 15) is 4.39 Å². The molecule has 28 heavy (non-hydrogen) atoms. The van der Waals surface area contributed by atoms with Crippen molar-refractivity contribution in [1.82, 2.24) is 29.9 Å². The van der Waals surface area contributed by atoms with E-state index in [0.29, 0.717) is 6.54 Å². The zero-order valence-electron chi connectivity index (χ0n) is 15.5. The smallest absolute Gasteiger partial charge is 0.137 e. The second-order valence-electron chi connectivity index (χ2n) is 6.65. The third kappa shape index (κ3) is 3.99. The summed E-state index contributed by atoms with van der Waals surface area (Å²) < 4.78 is 17.0. The fraction of sp³-hybridized carbons (Fsp3) is 0.190. The number of benzene rings is 2. The molecular formula is C21H21FN6. The van der Waals surface area contributed by atoms with Crippen LogP contribution in [0.5, 0.6) is 0 Å². The standard InChI is InChI=1S/C21H21FN6/c1-16(28-15-24-14-25-28)11-23-12-18-13-27(20-5-3-2-4-6-20)26-21(18)17-7-9-19(22)10-8-17/h2-10,13-16,23H,11-12H2,1H3/t16-/m1/s1. The number of nitrogens with one attached hydrogen (secondary N) is 1. The summed E-state index contributed by atoms with van der Waals surface area (Å²) in [7, 11) is 0. The molecule has 2 heterocycles. The summed E-state index contributed by atoms with van der Waals surface area (Å²) in [6.45, 7) is 3.46. The number of halogens is 1. The van der Waals surface area contributed by atoms with Crippen molar-refractivity contribution in [3.8, 4) is 16.9 Å². The van der Waals surface area contributed by atoms with Gasteiger partial charge >= 0.3 is 0 Å². The summed E-state index contributed by atoms with van der Waals surface area (Å²) in [6, 6.07) is 16.6. The minimum absolute atomic E-state index is 0.181. The molecule has 0 saturated heterocycles. The van der Waals surface area contributed by atoms with Crippen LogP contribution in [0.4, 0.5) is 4.39 Å². The van der Waals surface area contributed by atoms with Crippen molar-refractivity contribution in [1.29, 1.82) is 0 Å². The summed E-state index contributed by atoms with van der Waals surface area (Å²) in [4.78, 5) is 3.99. The summed E-state index contributed by atoms with van der Waals surface area (Å²) in [6.07, 6.45) is 5.26. The van der Waals surface area contributed by atoms with Gasteiger partial charge in [0.2, 0.25) is 0 Å². The van der Waals surface area contributed by atoms with Gasteiger partial charge in [-0.3, -0.25) is 0 Å². The van der Waals surface area contributed by atoms with Crippen molar-refractivity contribution in [2.24, 2.45) is 0 Å². The first-order valence-corrected chi connectivity index (χ1v) is 9.15. The van der Waals surface area contributed by atoms with Crippen LogP contribution in [0, 0.1) is 5.82 Å². The average molecular weight is 376 g/mol. The molecule has 0 aliphatic carbocycles. The topological polar surface area (TPSA) is 60.6 Å². The summed E-state index contributed by atoms with van der Waals surface area (Å²) in [5, 5.41) is 12.4. The Labute approximate surface area is 162 Å². The lowest BCUT2D eigenvalue weighted by Gasteiger charge is -2.12. The van der Waals surface area contributed by atoms with Gasteiger partial charge in [-0.15, -0.1) is 0 Å². The van der Waals surface area contributed by atoms with Gasteiger partial charge in [0.1, 0.15) is 18.5 Å². The van der Waals surface area contributed by atoms with Gasteiger partial charge in [0.25, 0.3) is 0 Å². The van der Waals surface area contributed by atoms with E-state index >= 15 is 0 Å². The molecule has 0 aliphatic rings. The molecule has 0 saturated carbocycles. The van der Waals surface area contributed by atoms with E-state index in [-0.39, 0.29) is 11.9 Å². The van der Waals surface area contributed by atoms with Gasteiger partial charge in [-0.2, -0.15) is 10.2 Å². The van der Waals surface area contributed by atoms with Crippen LogP contribution in [0.2, 0.25) is 0 Å². The molecule has 0 bridgehead atoms. The Morgan fingerprint density at radius 1 is 1.07 bits per heavy atom. The lowest BCUT2D eigenvalue weighted by atomic mass is 10.1. The van der Waals surface area contributed by atoms with Crippen LogP contribution < -0.4 is 5.32 Å². The van der Waals surface area contributed by atoms with Gasteiger partial charge in [0.15, 0.2) is 0 Å². The number of para-hydroxylation sites is 1. The van der Waals surface area contributed by atoms with Crippen LogP contribution in [-0.2, 0) is 6.54 Å². The van der Waals surface area contributed by atoms with E-state index in [1.54, 1.807) is 18.5 Å². The van der Waals surface area contributed by atoms with Crippen LogP contribution in [0.25, 0.3) is 16.9 Å². The zero-order valence-corrected chi connectivity index (χ0v) is 15.5. The number of rotatable bonds is 7. The van der Waals surface area contributed by atoms with Crippen molar-refractivity contribution in [3.05, 3.63) is 84.8 Å². The molecule has 0 radical (unpaired) electrons. The van der Waals surface area contributed by atoms with Crippen LogP contribution in [0.15, 0.2) is 73.4 Å². The second kappa shape index (κ2) is 8.14. The maximum absolute atomic E-state index is 13.3. The Morgan fingerprint density at radius 2 is 1.86 bits per heavy atom. The molecule has 6 nitrogen and oxygen atoms in total. The highest BCUT2D eigenvalue weighted by atomic mass is 19.1. The monoisotopic (exact) mass is 376 g/mol. The van der Waals surface area contributed by atoms with E-state index in [1.165, 1.54) is 18.5 Å². The second-order valence-corrected chi connectivity index (χ2v) is 6.65. The number of hydrogen-bond donors (Lipinski definition) is 1. The van der Waals surface area contributed by atoms with Crippen molar-refractivity contribution < 1.29 is 4.39 Å². The van der Waals surface area contributed by atoms with E-state index in [0.717, 1.165) is 29.1 Å². The van der Waals surface area contributed by atoms with Crippen molar-refractivity contribution in [3.63, 3.8) is 0 Å². The number of nitrogens with zero attached hydrogens (tertiary/aromatic N) is 5. The molecule has 2 aromatic carbocycles. The highest BCUT2D eigenvalue weighted by Crippen LogP contribution is 2.24. The van der Waals surface area contributed by atoms with Crippen LogP contribution >= 0.6 is 0 Å². The van der Waals surface area contributed by atoms with Crippen molar-refractivity contribution in [2.45, 2.75) is 19.5 Å². The molecule has 0 aliphatic heterocycles. The largest absolute Gasteiger partial charge is 0.310 e. The van der Waals surface area contributed by atoms with Crippen LogP contribution in [0.3, 0.4) is 0 Å². The zero-order chi connectivity index (χ0) is 19.3. The molecule has 2 aromatic heterocycles. The minimum Gasteiger partial charge on any atom is -0.310 e. The molecule has 7 heteroatoms. The fourth-order valence-electron chi connectivity index (χ4n) is 3.06. The third-order valence-electron chi connectivity index (χ3n) is 4.57. The molecular weight excluding hydrogens is 355 g/mol. The molecule has 1 atom stereocenters. The predicted molar refractivity (Wildman–Crippen MR) is 105 cm³/mol.